The molecular weight excluding hydrogens is 345 g/mol. The molecule has 0 heterocycles. The predicted molar refractivity (Wildman–Crippen MR) is 69.5 cm³/mol. The summed E-state index contributed by atoms with van der Waals surface area (Å²) >= 11 is 2.87. The van der Waals surface area contributed by atoms with E-state index >= 15 is 0 Å². The van der Waals surface area contributed by atoms with E-state index in [4.69, 9.17) is 0 Å². The fraction of sp³-hybridized carbons (Fsp3) is 0.538. The summed E-state index contributed by atoms with van der Waals surface area (Å²) in [6.45, 7) is 0. The molecule has 0 bridgehead atoms. The Kier molecular flexibility index (Phi) is 4.56. The van der Waals surface area contributed by atoms with Crippen molar-refractivity contribution in [3.63, 3.8) is 0 Å². The predicted octanol–water partition coefficient (Wildman–Crippen LogP) is 5.26. The number of anilines is 1. The summed E-state index contributed by atoms with van der Waals surface area (Å²) < 4.78 is 64.5. The fourth-order valence-corrected chi connectivity index (χ4v) is 2.73. The number of hydrogen-bond acceptors (Lipinski definition) is 1. The molecule has 1 fully saturated rings. The Morgan fingerprint density at radius 2 is 1.60 bits per heavy atom. The molecule has 1 aliphatic rings. The van der Waals surface area contributed by atoms with Crippen LogP contribution in [0.5, 0.6) is 0 Å². The van der Waals surface area contributed by atoms with Gasteiger partial charge in [0.05, 0.1) is 16.1 Å². The average molecular weight is 358 g/mol. The molecule has 1 aliphatic carbocycles. The van der Waals surface area contributed by atoms with Gasteiger partial charge in [0, 0.05) is 12.1 Å². The number of nitrogens with one attached hydrogen (secondary N) is 1. The molecule has 0 amide bonds. The lowest BCUT2D eigenvalue weighted by Gasteiger charge is -2.31. The molecule has 1 saturated carbocycles. The topological polar surface area (TPSA) is 12.0 Å². The summed E-state index contributed by atoms with van der Waals surface area (Å²) in [6, 6.07) is 1.75. The highest BCUT2D eigenvalue weighted by atomic mass is 79.9. The molecule has 0 aromatic heterocycles. The van der Waals surface area contributed by atoms with Crippen LogP contribution >= 0.6 is 15.9 Å². The van der Waals surface area contributed by atoms with Crippen molar-refractivity contribution in [1.82, 2.24) is 0 Å². The maximum absolute atomic E-state index is 13.6. The Labute approximate surface area is 121 Å². The van der Waals surface area contributed by atoms with Gasteiger partial charge in [0.2, 0.25) is 0 Å². The molecule has 0 spiro atoms. The van der Waals surface area contributed by atoms with Gasteiger partial charge in [-0.1, -0.05) is 0 Å². The molecule has 7 heteroatoms. The first kappa shape index (κ1) is 15.5. The molecule has 0 aliphatic heterocycles. The zero-order valence-electron chi connectivity index (χ0n) is 10.4. The minimum Gasteiger partial charge on any atom is -0.380 e. The third-order valence-corrected chi connectivity index (χ3v) is 4.17. The van der Waals surface area contributed by atoms with Gasteiger partial charge >= 0.3 is 6.18 Å². The Morgan fingerprint density at radius 3 is 2.15 bits per heavy atom. The standard InChI is InChI=1S/C13H13BrF5N/c14-9-5-11(16)12(6-10(9)15)20-8-3-1-7(2-4-8)13(17,18)19/h5-8,20H,1-4H2. The Hall–Kier alpha value is -0.850. The van der Waals surface area contributed by atoms with Crippen LogP contribution in [0.4, 0.5) is 27.6 Å². The van der Waals surface area contributed by atoms with Crippen LogP contribution in [-0.4, -0.2) is 12.2 Å². The maximum atomic E-state index is 13.6. The van der Waals surface area contributed by atoms with E-state index in [1.54, 1.807) is 0 Å². The first-order valence-electron chi connectivity index (χ1n) is 6.25. The summed E-state index contributed by atoms with van der Waals surface area (Å²) in [5.74, 6) is -2.53. The SMILES string of the molecule is Fc1cc(NC2CCC(C(F)(F)F)CC2)c(F)cc1Br. The van der Waals surface area contributed by atoms with E-state index < -0.39 is 23.7 Å². The number of rotatable bonds is 2. The van der Waals surface area contributed by atoms with Gasteiger partial charge in [0.1, 0.15) is 11.6 Å². The number of hydrogen-bond donors (Lipinski definition) is 1. The zero-order valence-corrected chi connectivity index (χ0v) is 12.0. The van der Waals surface area contributed by atoms with Crippen molar-refractivity contribution in [1.29, 1.82) is 0 Å². The molecule has 0 saturated heterocycles. The van der Waals surface area contributed by atoms with Gasteiger partial charge in [-0.3, -0.25) is 0 Å². The van der Waals surface area contributed by atoms with Gasteiger partial charge in [0.15, 0.2) is 0 Å². The smallest absolute Gasteiger partial charge is 0.380 e. The molecule has 20 heavy (non-hydrogen) atoms. The second-order valence-corrected chi connectivity index (χ2v) is 5.83. The van der Waals surface area contributed by atoms with Crippen LogP contribution in [0.1, 0.15) is 25.7 Å². The van der Waals surface area contributed by atoms with E-state index in [9.17, 15) is 22.0 Å². The molecular formula is C13H13BrF5N. The van der Waals surface area contributed by atoms with Crippen LogP contribution in [0.25, 0.3) is 0 Å². The largest absolute Gasteiger partial charge is 0.391 e. The lowest BCUT2D eigenvalue weighted by Crippen LogP contribution is -2.33. The molecule has 1 aromatic rings. The van der Waals surface area contributed by atoms with Crippen LogP contribution in [0.15, 0.2) is 16.6 Å². The Bertz CT molecular complexity index is 480. The van der Waals surface area contributed by atoms with Gasteiger partial charge in [-0.15, -0.1) is 0 Å². The summed E-state index contributed by atoms with van der Waals surface area (Å²) in [7, 11) is 0. The van der Waals surface area contributed by atoms with Crippen LogP contribution in [0.2, 0.25) is 0 Å². The lowest BCUT2D eigenvalue weighted by atomic mass is 9.85. The molecule has 1 N–H and O–H groups in total. The van der Waals surface area contributed by atoms with Gasteiger partial charge in [-0.25, -0.2) is 8.78 Å². The summed E-state index contributed by atoms with van der Waals surface area (Å²) in [5, 5.41) is 2.79. The minimum absolute atomic E-state index is 0.0128. The van der Waals surface area contributed by atoms with Crippen LogP contribution in [-0.2, 0) is 0 Å². The van der Waals surface area contributed by atoms with E-state index in [2.05, 4.69) is 21.2 Å². The second kappa shape index (κ2) is 5.87. The number of halogens is 6. The Morgan fingerprint density at radius 1 is 1.00 bits per heavy atom. The fourth-order valence-electron chi connectivity index (χ4n) is 2.42. The van der Waals surface area contributed by atoms with E-state index in [1.807, 2.05) is 0 Å². The normalized spacial score (nSPS) is 23.7. The third-order valence-electron chi connectivity index (χ3n) is 3.56. The van der Waals surface area contributed by atoms with Crippen molar-refractivity contribution in [3.8, 4) is 0 Å². The van der Waals surface area contributed by atoms with Crippen molar-refractivity contribution in [2.45, 2.75) is 37.9 Å². The maximum Gasteiger partial charge on any atom is 0.391 e. The van der Waals surface area contributed by atoms with E-state index in [-0.39, 0.29) is 29.0 Å². The van der Waals surface area contributed by atoms with Crippen LogP contribution in [0, 0.1) is 17.6 Å². The highest BCUT2D eigenvalue weighted by Gasteiger charge is 2.41. The minimum atomic E-state index is -4.17. The summed E-state index contributed by atoms with van der Waals surface area (Å²) in [4.78, 5) is 0. The van der Waals surface area contributed by atoms with E-state index in [0.29, 0.717) is 12.8 Å². The van der Waals surface area contributed by atoms with Crippen LogP contribution < -0.4 is 5.32 Å². The Balaban J connectivity index is 1.98. The second-order valence-electron chi connectivity index (χ2n) is 4.98. The molecule has 0 radical (unpaired) electrons. The monoisotopic (exact) mass is 357 g/mol. The quantitative estimate of drug-likeness (QED) is 0.562. The zero-order chi connectivity index (χ0) is 14.9. The molecule has 1 aromatic carbocycles. The van der Waals surface area contributed by atoms with Gasteiger partial charge in [-0.05, 0) is 47.7 Å². The van der Waals surface area contributed by atoms with Crippen molar-refractivity contribution >= 4 is 21.6 Å². The van der Waals surface area contributed by atoms with E-state index in [0.717, 1.165) is 12.1 Å². The molecule has 112 valence electrons. The summed E-state index contributed by atoms with van der Waals surface area (Å²) in [5.41, 5.74) is -0.0128. The molecule has 0 atom stereocenters. The van der Waals surface area contributed by atoms with Crippen molar-refractivity contribution < 1.29 is 22.0 Å². The summed E-state index contributed by atoms with van der Waals surface area (Å²) in [6.07, 6.45) is -3.55. The van der Waals surface area contributed by atoms with Gasteiger partial charge in [-0.2, -0.15) is 13.2 Å². The molecule has 2 rings (SSSR count). The van der Waals surface area contributed by atoms with Crippen molar-refractivity contribution in [3.05, 3.63) is 28.2 Å². The number of alkyl halides is 3. The average Bonchev–Trinajstić information content (AvgIpc) is 2.35. The van der Waals surface area contributed by atoms with Crippen LogP contribution in [0.3, 0.4) is 0 Å². The number of benzene rings is 1. The first-order valence-corrected chi connectivity index (χ1v) is 7.04. The highest BCUT2D eigenvalue weighted by Crippen LogP contribution is 2.38. The van der Waals surface area contributed by atoms with Gasteiger partial charge < -0.3 is 5.32 Å². The molecule has 1 nitrogen and oxygen atoms in total. The van der Waals surface area contributed by atoms with E-state index in [1.165, 1.54) is 0 Å². The van der Waals surface area contributed by atoms with Crippen molar-refractivity contribution in [2.24, 2.45) is 5.92 Å². The lowest BCUT2D eigenvalue weighted by molar-refractivity contribution is -0.182. The molecule has 0 unspecified atom stereocenters. The first-order chi connectivity index (χ1) is 9.27. The van der Waals surface area contributed by atoms with Gasteiger partial charge in [0.25, 0.3) is 0 Å². The highest BCUT2D eigenvalue weighted by molar-refractivity contribution is 9.10. The third kappa shape index (κ3) is 3.62. The van der Waals surface area contributed by atoms with Crippen molar-refractivity contribution in [2.75, 3.05) is 5.32 Å².